The lowest BCUT2D eigenvalue weighted by atomic mass is 9.96. The van der Waals surface area contributed by atoms with Crippen molar-refractivity contribution in [1.82, 2.24) is 5.32 Å². The SMILES string of the molecule is CCc1ccccc1CC(CCC(=O)O)NC=O. The molecule has 0 saturated carbocycles. The van der Waals surface area contributed by atoms with Crippen LogP contribution in [0.25, 0.3) is 0 Å². The molecule has 0 aliphatic heterocycles. The molecule has 4 nitrogen and oxygen atoms in total. The van der Waals surface area contributed by atoms with Crippen molar-refractivity contribution in [3.05, 3.63) is 35.4 Å². The molecule has 0 aliphatic carbocycles. The van der Waals surface area contributed by atoms with Crippen LogP contribution in [0.1, 0.15) is 30.9 Å². The van der Waals surface area contributed by atoms with Gasteiger partial charge in [0.1, 0.15) is 0 Å². The molecule has 1 amide bonds. The van der Waals surface area contributed by atoms with E-state index in [4.69, 9.17) is 5.11 Å². The Morgan fingerprint density at radius 3 is 2.61 bits per heavy atom. The lowest BCUT2D eigenvalue weighted by Crippen LogP contribution is -2.31. The molecule has 1 unspecified atom stereocenters. The summed E-state index contributed by atoms with van der Waals surface area (Å²) in [6, 6.07) is 7.92. The predicted octanol–water partition coefficient (Wildman–Crippen LogP) is 1.77. The molecule has 1 rings (SSSR count). The van der Waals surface area contributed by atoms with Crippen LogP contribution in [0.4, 0.5) is 0 Å². The molecule has 0 aliphatic rings. The van der Waals surface area contributed by atoms with Crippen molar-refractivity contribution < 1.29 is 14.7 Å². The molecule has 0 fully saturated rings. The maximum atomic E-state index is 10.6. The summed E-state index contributed by atoms with van der Waals surface area (Å²) in [5, 5.41) is 11.4. The van der Waals surface area contributed by atoms with E-state index in [1.165, 1.54) is 11.1 Å². The minimum absolute atomic E-state index is 0.0692. The van der Waals surface area contributed by atoms with E-state index in [1.807, 2.05) is 18.2 Å². The summed E-state index contributed by atoms with van der Waals surface area (Å²) in [5.41, 5.74) is 2.41. The van der Waals surface area contributed by atoms with Gasteiger partial charge in [0.15, 0.2) is 0 Å². The van der Waals surface area contributed by atoms with E-state index >= 15 is 0 Å². The molecular weight excluding hydrogens is 230 g/mol. The fourth-order valence-electron chi connectivity index (χ4n) is 2.01. The van der Waals surface area contributed by atoms with E-state index in [-0.39, 0.29) is 12.5 Å². The van der Waals surface area contributed by atoms with E-state index in [9.17, 15) is 9.59 Å². The third kappa shape index (κ3) is 4.57. The zero-order valence-corrected chi connectivity index (χ0v) is 10.6. The first-order valence-corrected chi connectivity index (χ1v) is 6.15. The van der Waals surface area contributed by atoms with Crippen LogP contribution in [0.2, 0.25) is 0 Å². The van der Waals surface area contributed by atoms with Gasteiger partial charge in [0, 0.05) is 12.5 Å². The van der Waals surface area contributed by atoms with Crippen LogP contribution in [0.3, 0.4) is 0 Å². The van der Waals surface area contributed by atoms with Crippen LogP contribution in [-0.4, -0.2) is 23.5 Å². The van der Waals surface area contributed by atoms with Gasteiger partial charge in [-0.05, 0) is 30.4 Å². The van der Waals surface area contributed by atoms with Crippen molar-refractivity contribution in [3.63, 3.8) is 0 Å². The number of aryl methyl sites for hydroxylation is 1. The summed E-state index contributed by atoms with van der Waals surface area (Å²) in [4.78, 5) is 21.1. The van der Waals surface area contributed by atoms with Crippen LogP contribution in [0.5, 0.6) is 0 Å². The first-order chi connectivity index (χ1) is 8.67. The predicted molar refractivity (Wildman–Crippen MR) is 69.4 cm³/mol. The normalized spacial score (nSPS) is 11.8. The van der Waals surface area contributed by atoms with E-state index < -0.39 is 5.97 Å². The first-order valence-electron chi connectivity index (χ1n) is 6.15. The van der Waals surface area contributed by atoms with E-state index in [2.05, 4.69) is 18.3 Å². The van der Waals surface area contributed by atoms with Gasteiger partial charge in [0.05, 0.1) is 0 Å². The van der Waals surface area contributed by atoms with Crippen LogP contribution in [0.15, 0.2) is 24.3 Å². The van der Waals surface area contributed by atoms with Crippen molar-refractivity contribution in [2.75, 3.05) is 0 Å². The number of rotatable bonds is 8. The molecule has 0 radical (unpaired) electrons. The molecule has 1 atom stereocenters. The van der Waals surface area contributed by atoms with Crippen LogP contribution in [0, 0.1) is 0 Å². The number of hydrogen-bond acceptors (Lipinski definition) is 2. The summed E-state index contributed by atoms with van der Waals surface area (Å²) in [5.74, 6) is -0.837. The third-order valence-corrected chi connectivity index (χ3v) is 2.98. The second-order valence-corrected chi connectivity index (χ2v) is 4.24. The van der Waals surface area contributed by atoms with Crippen molar-refractivity contribution in [2.24, 2.45) is 0 Å². The number of amides is 1. The van der Waals surface area contributed by atoms with E-state index in [1.54, 1.807) is 0 Å². The highest BCUT2D eigenvalue weighted by molar-refractivity contribution is 5.66. The Hall–Kier alpha value is -1.84. The van der Waals surface area contributed by atoms with Gasteiger partial charge in [0.2, 0.25) is 6.41 Å². The van der Waals surface area contributed by atoms with Gasteiger partial charge in [0.25, 0.3) is 0 Å². The van der Waals surface area contributed by atoms with Gasteiger partial charge in [-0.25, -0.2) is 0 Å². The highest BCUT2D eigenvalue weighted by Crippen LogP contribution is 2.13. The molecular formula is C14H19NO3. The molecule has 4 heteroatoms. The number of carboxylic acid groups (broad SMARTS) is 1. The molecule has 0 bridgehead atoms. The van der Waals surface area contributed by atoms with Gasteiger partial charge in [-0.15, -0.1) is 0 Å². The Kier molecular flexibility index (Phi) is 5.91. The number of aliphatic carboxylic acids is 1. The van der Waals surface area contributed by atoms with Crippen molar-refractivity contribution >= 4 is 12.4 Å². The average Bonchev–Trinajstić information content (AvgIpc) is 2.37. The number of carboxylic acids is 1. The largest absolute Gasteiger partial charge is 0.481 e. The molecule has 0 heterocycles. The second kappa shape index (κ2) is 7.48. The van der Waals surface area contributed by atoms with Crippen LogP contribution >= 0.6 is 0 Å². The minimum Gasteiger partial charge on any atom is -0.481 e. The number of carbonyl (C=O) groups excluding carboxylic acids is 1. The van der Waals surface area contributed by atoms with Gasteiger partial charge in [-0.1, -0.05) is 31.2 Å². The van der Waals surface area contributed by atoms with Crippen LogP contribution < -0.4 is 5.32 Å². The summed E-state index contributed by atoms with van der Waals surface area (Å²) in [6.07, 6.45) is 2.77. The van der Waals surface area contributed by atoms with Crippen molar-refractivity contribution in [2.45, 2.75) is 38.6 Å². The minimum atomic E-state index is -0.837. The molecule has 2 N–H and O–H groups in total. The summed E-state index contributed by atoms with van der Waals surface area (Å²) in [7, 11) is 0. The van der Waals surface area contributed by atoms with Gasteiger partial charge >= 0.3 is 5.97 Å². The fourth-order valence-corrected chi connectivity index (χ4v) is 2.01. The van der Waals surface area contributed by atoms with Gasteiger partial charge < -0.3 is 10.4 Å². The monoisotopic (exact) mass is 249 g/mol. The standard InChI is InChI=1S/C14H19NO3/c1-2-11-5-3-4-6-12(11)9-13(15-10-16)7-8-14(17)18/h3-6,10,13H,2,7-9H2,1H3,(H,15,16)(H,17,18). The summed E-state index contributed by atoms with van der Waals surface area (Å²) in [6.45, 7) is 2.08. The van der Waals surface area contributed by atoms with Gasteiger partial charge in [-0.3, -0.25) is 9.59 Å². The topological polar surface area (TPSA) is 66.4 Å². The Morgan fingerprint density at radius 2 is 2.06 bits per heavy atom. The molecule has 18 heavy (non-hydrogen) atoms. The number of carbonyl (C=O) groups is 2. The van der Waals surface area contributed by atoms with Crippen molar-refractivity contribution in [1.29, 1.82) is 0 Å². The van der Waals surface area contributed by atoms with Crippen molar-refractivity contribution in [3.8, 4) is 0 Å². The zero-order valence-electron chi connectivity index (χ0n) is 10.6. The molecule has 0 saturated heterocycles. The molecule has 98 valence electrons. The maximum absolute atomic E-state index is 10.6. The Bertz CT molecular complexity index is 404. The van der Waals surface area contributed by atoms with Gasteiger partial charge in [-0.2, -0.15) is 0 Å². The summed E-state index contributed by atoms with van der Waals surface area (Å²) >= 11 is 0. The Balaban J connectivity index is 2.69. The average molecular weight is 249 g/mol. The maximum Gasteiger partial charge on any atom is 0.303 e. The highest BCUT2D eigenvalue weighted by Gasteiger charge is 2.12. The zero-order chi connectivity index (χ0) is 13.4. The van der Waals surface area contributed by atoms with E-state index in [0.717, 1.165) is 6.42 Å². The number of nitrogens with one attached hydrogen (secondary N) is 1. The van der Waals surface area contributed by atoms with Crippen LogP contribution in [-0.2, 0) is 22.4 Å². The first kappa shape index (κ1) is 14.2. The molecule has 0 aromatic heterocycles. The lowest BCUT2D eigenvalue weighted by molar-refractivity contribution is -0.137. The third-order valence-electron chi connectivity index (χ3n) is 2.98. The quantitative estimate of drug-likeness (QED) is 0.690. The number of benzene rings is 1. The van der Waals surface area contributed by atoms with E-state index in [0.29, 0.717) is 19.3 Å². The fraction of sp³-hybridized carbons (Fsp3) is 0.429. The smallest absolute Gasteiger partial charge is 0.303 e. The number of hydrogen-bond donors (Lipinski definition) is 2. The second-order valence-electron chi connectivity index (χ2n) is 4.24. The lowest BCUT2D eigenvalue weighted by Gasteiger charge is -2.17. The Labute approximate surface area is 107 Å². The summed E-state index contributed by atoms with van der Waals surface area (Å²) < 4.78 is 0. The Morgan fingerprint density at radius 1 is 1.39 bits per heavy atom. The molecule has 1 aromatic rings. The molecule has 0 spiro atoms. The highest BCUT2D eigenvalue weighted by atomic mass is 16.4. The molecule has 1 aromatic carbocycles.